The lowest BCUT2D eigenvalue weighted by molar-refractivity contribution is 0.0608. The van der Waals surface area contributed by atoms with Gasteiger partial charge in [-0.3, -0.25) is 14.6 Å². The molecule has 2 saturated heterocycles. The van der Waals surface area contributed by atoms with Crippen LogP contribution in [-0.4, -0.2) is 83.1 Å². The van der Waals surface area contributed by atoms with E-state index in [1.807, 2.05) is 18.2 Å². The van der Waals surface area contributed by atoms with Crippen molar-refractivity contribution in [1.82, 2.24) is 25.1 Å². The van der Waals surface area contributed by atoms with Crippen LogP contribution in [0, 0.1) is 11.3 Å². The molecule has 0 bridgehead atoms. The highest BCUT2D eigenvalue weighted by Gasteiger charge is 2.35. The molecule has 1 amide bonds. The van der Waals surface area contributed by atoms with Gasteiger partial charge in [0, 0.05) is 49.9 Å². The molecule has 2 aromatic rings. The second kappa shape index (κ2) is 13.2. The fourth-order valence-electron chi connectivity index (χ4n) is 5.93. The fourth-order valence-corrected chi connectivity index (χ4v) is 6.17. The predicted octanol–water partition coefficient (Wildman–Crippen LogP) is 3.83. The van der Waals surface area contributed by atoms with Crippen LogP contribution in [0.4, 0.5) is 11.6 Å². The minimum Gasteiger partial charge on any atom is -0.493 e. The largest absolute Gasteiger partial charge is 0.493 e. The van der Waals surface area contributed by atoms with Crippen molar-refractivity contribution in [3.63, 3.8) is 0 Å². The minimum absolute atomic E-state index is 0.105. The fraction of sp³-hybridized carbons (Fsp3) is 0.600. The van der Waals surface area contributed by atoms with E-state index in [9.17, 15) is 10.1 Å². The maximum absolute atomic E-state index is 12.5. The Morgan fingerprint density at radius 1 is 1.17 bits per heavy atom. The summed E-state index contributed by atoms with van der Waals surface area (Å²) in [6.45, 7) is 10.3. The lowest BCUT2D eigenvalue weighted by Crippen LogP contribution is -2.58. The molecule has 5 rings (SSSR count). The Morgan fingerprint density at radius 2 is 1.95 bits per heavy atom. The Morgan fingerprint density at radius 3 is 2.63 bits per heavy atom. The third-order valence-electron chi connectivity index (χ3n) is 8.37. The molecular formula is C30H41ClN8O2. The summed E-state index contributed by atoms with van der Waals surface area (Å²) < 4.78 is 5.98. The molecule has 0 spiro atoms. The van der Waals surface area contributed by atoms with Crippen LogP contribution in [-0.2, 0) is 6.54 Å². The number of benzene rings is 1. The zero-order valence-corrected chi connectivity index (χ0v) is 24.9. The standard InChI is InChI=1S/C30H41ClN8O2/c1-3-15-41-25-16-20(17-32)5-6-21(25)18-37-11-9-24(10-12-37)39-14-13-38(19-23(39)4-2)29-27(31)35-26(28(33)36-29)30(40)34-22-7-8-22/h5-6,16,22-24H,3-4,7-15,18-19H2,1-2H3,(H2,33,36)(H,34,40)/t23-/m0/s1. The first-order chi connectivity index (χ1) is 19.9. The lowest BCUT2D eigenvalue weighted by Gasteiger charge is -2.47. The van der Waals surface area contributed by atoms with Gasteiger partial charge < -0.3 is 20.7 Å². The number of nitrogens with two attached hydrogens (primary N) is 1. The van der Waals surface area contributed by atoms with Crippen molar-refractivity contribution >= 4 is 29.1 Å². The summed E-state index contributed by atoms with van der Waals surface area (Å²) in [5.41, 5.74) is 8.04. The van der Waals surface area contributed by atoms with Gasteiger partial charge in [-0.2, -0.15) is 5.26 Å². The number of amides is 1. The Balaban J connectivity index is 1.18. The number of piperidine rings is 1. The summed E-state index contributed by atoms with van der Waals surface area (Å²) in [4.78, 5) is 28.7. The molecule has 1 aliphatic carbocycles. The average Bonchev–Trinajstić information content (AvgIpc) is 3.81. The highest BCUT2D eigenvalue weighted by molar-refractivity contribution is 6.32. The molecule has 3 aliphatic rings. The van der Waals surface area contributed by atoms with E-state index in [4.69, 9.17) is 22.1 Å². The van der Waals surface area contributed by atoms with Gasteiger partial charge in [-0.15, -0.1) is 0 Å². The van der Waals surface area contributed by atoms with Gasteiger partial charge in [0.25, 0.3) is 5.91 Å². The van der Waals surface area contributed by atoms with Crippen LogP contribution in [0.2, 0.25) is 5.15 Å². The molecular weight excluding hydrogens is 540 g/mol. The number of nitrogen functional groups attached to an aromatic ring is 1. The Labute approximate surface area is 247 Å². The van der Waals surface area contributed by atoms with Crippen molar-refractivity contribution in [2.75, 3.05) is 50.0 Å². The smallest absolute Gasteiger partial charge is 0.274 e. The lowest BCUT2D eigenvalue weighted by atomic mass is 9.97. The number of halogens is 1. The molecule has 41 heavy (non-hydrogen) atoms. The monoisotopic (exact) mass is 580 g/mol. The van der Waals surface area contributed by atoms with Crippen molar-refractivity contribution in [2.45, 2.75) is 77.0 Å². The Kier molecular flexibility index (Phi) is 9.48. The number of hydrogen-bond donors (Lipinski definition) is 2. The quantitative estimate of drug-likeness (QED) is 0.431. The molecule has 3 N–H and O–H groups in total. The van der Waals surface area contributed by atoms with E-state index in [-0.39, 0.29) is 28.6 Å². The van der Waals surface area contributed by atoms with Gasteiger partial charge in [0.05, 0.1) is 18.2 Å². The number of rotatable bonds is 10. The van der Waals surface area contributed by atoms with Gasteiger partial charge in [0.15, 0.2) is 22.5 Å². The molecule has 3 heterocycles. The normalized spacial score (nSPS) is 20.5. The third-order valence-corrected chi connectivity index (χ3v) is 8.62. The first-order valence-corrected chi connectivity index (χ1v) is 15.3. The van der Waals surface area contributed by atoms with E-state index in [0.717, 1.165) is 89.1 Å². The zero-order chi connectivity index (χ0) is 28.9. The summed E-state index contributed by atoms with van der Waals surface area (Å²) in [6, 6.07) is 9.10. The number of nitrogens with one attached hydrogen (secondary N) is 1. The van der Waals surface area contributed by atoms with Crippen LogP contribution in [0.5, 0.6) is 5.75 Å². The van der Waals surface area contributed by atoms with Crippen molar-refractivity contribution in [2.24, 2.45) is 0 Å². The van der Waals surface area contributed by atoms with Gasteiger partial charge in [0.2, 0.25) is 0 Å². The number of piperazine rings is 1. The maximum atomic E-state index is 12.5. The van der Waals surface area contributed by atoms with Crippen LogP contribution >= 0.6 is 11.6 Å². The van der Waals surface area contributed by atoms with Gasteiger partial charge in [-0.1, -0.05) is 31.5 Å². The molecule has 3 fully saturated rings. The summed E-state index contributed by atoms with van der Waals surface area (Å²) in [6.07, 6.45) is 6.13. The van der Waals surface area contributed by atoms with Crippen LogP contribution < -0.4 is 20.7 Å². The molecule has 1 aromatic carbocycles. The summed E-state index contributed by atoms with van der Waals surface area (Å²) in [5.74, 6) is 1.20. The highest BCUT2D eigenvalue weighted by atomic mass is 35.5. The van der Waals surface area contributed by atoms with Crippen LogP contribution in [0.1, 0.15) is 74.0 Å². The molecule has 11 heteroatoms. The number of nitriles is 1. The summed E-state index contributed by atoms with van der Waals surface area (Å²) in [7, 11) is 0. The van der Waals surface area contributed by atoms with Crippen molar-refractivity contribution in [3.05, 3.63) is 40.2 Å². The number of carbonyl (C=O) groups excluding carboxylic acids is 1. The number of carbonyl (C=O) groups is 1. The molecule has 1 aromatic heterocycles. The zero-order valence-electron chi connectivity index (χ0n) is 24.1. The van der Waals surface area contributed by atoms with E-state index in [0.29, 0.717) is 30.1 Å². The highest BCUT2D eigenvalue weighted by Crippen LogP contribution is 2.31. The topological polar surface area (TPSA) is 124 Å². The van der Waals surface area contributed by atoms with Gasteiger partial charge in [-0.25, -0.2) is 9.97 Å². The van der Waals surface area contributed by atoms with E-state index < -0.39 is 0 Å². The number of nitrogens with zero attached hydrogens (tertiary/aromatic N) is 6. The van der Waals surface area contributed by atoms with Crippen molar-refractivity contribution < 1.29 is 9.53 Å². The summed E-state index contributed by atoms with van der Waals surface area (Å²) >= 11 is 6.55. The van der Waals surface area contributed by atoms with Crippen LogP contribution in [0.15, 0.2) is 18.2 Å². The minimum atomic E-state index is -0.308. The number of hydrogen-bond acceptors (Lipinski definition) is 9. The molecule has 0 unspecified atom stereocenters. The number of ether oxygens (including phenoxy) is 1. The first kappa shape index (κ1) is 29.4. The summed E-state index contributed by atoms with van der Waals surface area (Å²) in [5, 5.41) is 12.4. The second-order valence-corrected chi connectivity index (χ2v) is 11.7. The van der Waals surface area contributed by atoms with E-state index in [2.05, 4.69) is 49.9 Å². The Bertz CT molecular complexity index is 1270. The second-order valence-electron chi connectivity index (χ2n) is 11.4. The van der Waals surface area contributed by atoms with Crippen molar-refractivity contribution in [3.8, 4) is 11.8 Å². The van der Waals surface area contributed by atoms with Gasteiger partial charge in [-0.05, 0) is 63.7 Å². The number of anilines is 2. The van der Waals surface area contributed by atoms with Crippen LogP contribution in [0.25, 0.3) is 0 Å². The molecule has 1 atom stereocenters. The SMILES string of the molecule is CCCOc1cc(C#N)ccc1CN1CCC(N2CCN(c3nc(N)c(C(=O)NC4CC4)nc3Cl)C[C@@H]2CC)CC1. The number of aromatic nitrogens is 2. The van der Waals surface area contributed by atoms with Gasteiger partial charge >= 0.3 is 0 Å². The maximum Gasteiger partial charge on any atom is 0.274 e. The van der Waals surface area contributed by atoms with E-state index in [1.54, 1.807) is 0 Å². The predicted molar refractivity (Wildman–Crippen MR) is 160 cm³/mol. The molecule has 2 aliphatic heterocycles. The van der Waals surface area contributed by atoms with Crippen molar-refractivity contribution in [1.29, 1.82) is 5.26 Å². The van der Waals surface area contributed by atoms with E-state index in [1.165, 1.54) is 0 Å². The van der Waals surface area contributed by atoms with E-state index >= 15 is 0 Å². The third kappa shape index (κ3) is 7.03. The van der Waals surface area contributed by atoms with Crippen LogP contribution in [0.3, 0.4) is 0 Å². The number of likely N-dealkylation sites (tertiary alicyclic amines) is 1. The molecule has 220 valence electrons. The Hall–Kier alpha value is -3.13. The molecule has 1 saturated carbocycles. The molecule has 0 radical (unpaired) electrons. The first-order valence-electron chi connectivity index (χ1n) is 14.9. The molecule has 10 nitrogen and oxygen atoms in total. The van der Waals surface area contributed by atoms with Gasteiger partial charge in [0.1, 0.15) is 5.75 Å². The average molecular weight is 581 g/mol.